The van der Waals surface area contributed by atoms with Gasteiger partial charge in [-0.1, -0.05) is 121 Å². The summed E-state index contributed by atoms with van der Waals surface area (Å²) in [6.45, 7) is 8.54. The van der Waals surface area contributed by atoms with Crippen LogP contribution in [0.5, 0.6) is 0 Å². The number of benzene rings is 6. The smallest absolute Gasteiger partial charge is 0.142 e. The van der Waals surface area contributed by atoms with Crippen molar-refractivity contribution < 1.29 is 0 Å². The Morgan fingerprint density at radius 2 is 1.22 bits per heavy atom. The summed E-state index contributed by atoms with van der Waals surface area (Å²) < 4.78 is 2.39. The van der Waals surface area contributed by atoms with Gasteiger partial charge in [-0.2, -0.15) is 0 Å². The average Bonchev–Trinajstić information content (AvgIpc) is 3.56. The summed E-state index contributed by atoms with van der Waals surface area (Å²) in [6.07, 6.45) is 8.79. The van der Waals surface area contributed by atoms with Crippen LogP contribution < -0.4 is 10.4 Å². The number of aryl methyl sites for hydroxylation is 1. The summed E-state index contributed by atoms with van der Waals surface area (Å²) in [4.78, 5) is 10.5. The maximum Gasteiger partial charge on any atom is 0.142 e. The van der Waals surface area contributed by atoms with Crippen LogP contribution in [0.4, 0.5) is 0 Å². The first-order chi connectivity index (χ1) is 24.1. The highest BCUT2D eigenvalue weighted by Crippen LogP contribution is 2.35. The topological polar surface area (TPSA) is 30.2 Å². The fourth-order valence-electron chi connectivity index (χ4n) is 7.83. The molecular weight excluding hydrogens is 595 g/mol. The van der Waals surface area contributed by atoms with Crippen LogP contribution in [0.1, 0.15) is 31.9 Å². The van der Waals surface area contributed by atoms with Crippen molar-refractivity contribution in [3.05, 3.63) is 143 Å². The number of hydrogen-bond donors (Lipinski definition) is 0. The van der Waals surface area contributed by atoms with Crippen molar-refractivity contribution in [1.82, 2.24) is 14.4 Å². The van der Waals surface area contributed by atoms with E-state index in [1.807, 2.05) is 0 Å². The zero-order chi connectivity index (χ0) is 33.2. The normalized spacial score (nSPS) is 13.1. The molecule has 3 heteroatoms. The second-order valence-corrected chi connectivity index (χ2v) is 12.8. The minimum atomic E-state index is 0.981. The van der Waals surface area contributed by atoms with E-state index in [1.165, 1.54) is 59.6 Å². The molecule has 0 bridgehead atoms. The first-order valence-corrected chi connectivity index (χ1v) is 17.0. The van der Waals surface area contributed by atoms with Gasteiger partial charge >= 0.3 is 0 Å². The second kappa shape index (κ2) is 11.3. The average molecular weight is 630 g/mol. The molecule has 0 spiro atoms. The van der Waals surface area contributed by atoms with E-state index in [-0.39, 0.29) is 0 Å². The predicted molar refractivity (Wildman–Crippen MR) is 210 cm³/mol. The van der Waals surface area contributed by atoms with E-state index in [2.05, 4.69) is 172 Å². The Bertz CT molecular complexity index is 2960. The Morgan fingerprint density at radius 1 is 0.551 bits per heavy atom. The maximum atomic E-state index is 5.36. The summed E-state index contributed by atoms with van der Waals surface area (Å²) in [5.74, 6) is 0. The lowest BCUT2D eigenvalue weighted by atomic mass is 9.97. The number of fused-ring (bicyclic) bond motifs is 10. The van der Waals surface area contributed by atoms with E-state index >= 15 is 0 Å². The van der Waals surface area contributed by atoms with Gasteiger partial charge in [-0.3, -0.25) is 4.40 Å². The zero-order valence-corrected chi connectivity index (χ0v) is 28.1. The van der Waals surface area contributed by atoms with Crippen LogP contribution >= 0.6 is 0 Å². The molecule has 0 saturated heterocycles. The molecule has 0 fully saturated rings. The first kappa shape index (κ1) is 29.1. The van der Waals surface area contributed by atoms with E-state index in [1.54, 1.807) is 0 Å². The van der Waals surface area contributed by atoms with Crippen LogP contribution in [-0.2, 0) is 0 Å². The standard InChI is InChI=1S/C46H35N3/c1-5-12-36-28(4)46-48-44-35(7-3)34(6-2)38-15-10-11-16-39(38)45(44)49(46)42-26-24-33(27-40(36)42)29-17-20-31(21-18-29)41-25-23-32-22-19-30-13-8-9-14-37(30)43(32)47-41/h5-27H,1-4H3/b12-5-,34-6+,35-7+. The van der Waals surface area contributed by atoms with Crippen molar-refractivity contribution in [2.24, 2.45) is 0 Å². The van der Waals surface area contributed by atoms with Crippen LogP contribution in [0, 0.1) is 6.92 Å². The van der Waals surface area contributed by atoms with E-state index in [0.29, 0.717) is 0 Å². The van der Waals surface area contributed by atoms with Crippen LogP contribution in [0.25, 0.3) is 101 Å². The Labute approximate surface area is 284 Å². The lowest BCUT2D eigenvalue weighted by molar-refractivity contribution is 1.26. The highest BCUT2D eigenvalue weighted by Gasteiger charge is 2.19. The molecule has 0 N–H and O–H groups in total. The molecule has 234 valence electrons. The lowest BCUT2D eigenvalue weighted by Gasteiger charge is -2.14. The fourth-order valence-corrected chi connectivity index (χ4v) is 7.83. The van der Waals surface area contributed by atoms with Gasteiger partial charge in [-0.25, -0.2) is 9.97 Å². The first-order valence-electron chi connectivity index (χ1n) is 17.0. The number of hydrogen-bond acceptors (Lipinski definition) is 2. The van der Waals surface area contributed by atoms with Crippen molar-refractivity contribution >= 4 is 78.3 Å². The van der Waals surface area contributed by atoms with Gasteiger partial charge in [0.1, 0.15) is 5.65 Å². The highest BCUT2D eigenvalue weighted by molar-refractivity contribution is 6.10. The fraction of sp³-hybridized carbons (Fsp3) is 0.0870. The number of allylic oxidation sites excluding steroid dienone is 1. The predicted octanol–water partition coefficient (Wildman–Crippen LogP) is 10.8. The molecule has 9 aromatic rings. The van der Waals surface area contributed by atoms with Crippen LogP contribution in [0.2, 0.25) is 0 Å². The van der Waals surface area contributed by atoms with E-state index in [4.69, 9.17) is 9.97 Å². The monoisotopic (exact) mass is 629 g/mol. The van der Waals surface area contributed by atoms with Gasteiger partial charge in [0.15, 0.2) is 0 Å². The van der Waals surface area contributed by atoms with E-state index in [9.17, 15) is 0 Å². The largest absolute Gasteiger partial charge is 0.291 e. The maximum absolute atomic E-state index is 5.36. The number of nitrogens with zero attached hydrogens (tertiary/aromatic N) is 3. The quantitative estimate of drug-likeness (QED) is 0.182. The molecule has 0 aliphatic rings. The van der Waals surface area contributed by atoms with Crippen molar-refractivity contribution in [3.63, 3.8) is 0 Å². The van der Waals surface area contributed by atoms with Crippen LogP contribution in [0.15, 0.2) is 121 Å². The number of pyridine rings is 2. The van der Waals surface area contributed by atoms with Gasteiger partial charge in [-0.05, 0) is 78.6 Å². The van der Waals surface area contributed by atoms with Crippen molar-refractivity contribution in [2.75, 3.05) is 0 Å². The molecule has 0 amide bonds. The summed E-state index contributed by atoms with van der Waals surface area (Å²) in [6, 6.07) is 41.6. The van der Waals surface area contributed by atoms with Gasteiger partial charge < -0.3 is 0 Å². The molecule has 0 atom stereocenters. The summed E-state index contributed by atoms with van der Waals surface area (Å²) >= 11 is 0. The molecule has 9 rings (SSSR count). The van der Waals surface area contributed by atoms with Crippen molar-refractivity contribution in [2.45, 2.75) is 27.7 Å². The molecule has 0 aliphatic heterocycles. The Hall–Kier alpha value is -6.06. The van der Waals surface area contributed by atoms with Gasteiger partial charge in [-0.15, -0.1) is 0 Å². The van der Waals surface area contributed by atoms with Gasteiger partial charge in [0.05, 0.1) is 27.8 Å². The zero-order valence-electron chi connectivity index (χ0n) is 28.1. The van der Waals surface area contributed by atoms with E-state index < -0.39 is 0 Å². The van der Waals surface area contributed by atoms with Gasteiger partial charge in [0.25, 0.3) is 0 Å². The third-order valence-corrected chi connectivity index (χ3v) is 10.2. The van der Waals surface area contributed by atoms with E-state index in [0.717, 1.165) is 44.4 Å². The SMILES string of the molecule is C/C=C\c1c(C)c2nc3c(=C/C)/c(=C\C)c4ccccc4c3n2c2ccc(-c3ccc(-c4ccc5ccc6ccccc6c5n4)cc3)cc12. The molecule has 3 heterocycles. The number of imidazole rings is 1. The number of aromatic nitrogens is 3. The van der Waals surface area contributed by atoms with Crippen molar-refractivity contribution in [3.8, 4) is 22.4 Å². The van der Waals surface area contributed by atoms with Crippen LogP contribution in [-0.4, -0.2) is 14.4 Å². The Balaban J connectivity index is 1.24. The van der Waals surface area contributed by atoms with Gasteiger partial charge in [0, 0.05) is 37.9 Å². The number of rotatable bonds is 3. The summed E-state index contributed by atoms with van der Waals surface area (Å²) in [5, 5.41) is 9.66. The molecular formula is C46H35N3. The molecule has 0 aliphatic carbocycles. The minimum Gasteiger partial charge on any atom is -0.291 e. The molecule has 3 nitrogen and oxygen atoms in total. The molecule has 0 saturated carbocycles. The molecule has 49 heavy (non-hydrogen) atoms. The van der Waals surface area contributed by atoms with Crippen LogP contribution in [0.3, 0.4) is 0 Å². The van der Waals surface area contributed by atoms with Crippen molar-refractivity contribution in [1.29, 1.82) is 0 Å². The molecule has 0 radical (unpaired) electrons. The third kappa shape index (κ3) is 4.36. The Kier molecular flexibility index (Phi) is 6.70. The highest BCUT2D eigenvalue weighted by atomic mass is 15.0. The Morgan fingerprint density at radius 3 is 2.00 bits per heavy atom. The van der Waals surface area contributed by atoms with Gasteiger partial charge in [0.2, 0.25) is 0 Å². The molecule has 6 aromatic carbocycles. The molecule has 3 aromatic heterocycles. The third-order valence-electron chi connectivity index (χ3n) is 10.2. The summed E-state index contributed by atoms with van der Waals surface area (Å²) in [7, 11) is 0. The minimum absolute atomic E-state index is 0.981. The lowest BCUT2D eigenvalue weighted by Crippen LogP contribution is -2.26. The molecule has 0 unspecified atom stereocenters. The second-order valence-electron chi connectivity index (χ2n) is 12.8. The summed E-state index contributed by atoms with van der Waals surface area (Å²) in [5.41, 5.74) is 12.2.